The molecule has 0 aromatic rings. The molecule has 4 aliphatic rings. The molecule has 4 aliphatic carbocycles. The zero-order valence-electron chi connectivity index (χ0n) is 21.5. The van der Waals surface area contributed by atoms with Crippen molar-refractivity contribution in [3.8, 4) is 0 Å². The van der Waals surface area contributed by atoms with Gasteiger partial charge < -0.3 is 10.2 Å². The van der Waals surface area contributed by atoms with E-state index in [4.69, 9.17) is 0 Å². The van der Waals surface area contributed by atoms with Gasteiger partial charge in [0.2, 0.25) is 0 Å². The van der Waals surface area contributed by atoms with E-state index in [1.807, 2.05) is 6.92 Å². The number of fused-ring (bicyclic) bond motifs is 4. The highest BCUT2D eigenvalue weighted by molar-refractivity contribution is 6.10. The van der Waals surface area contributed by atoms with Crippen LogP contribution in [-0.4, -0.2) is 33.9 Å². The number of Topliss-reactive ketones (excluding diaryl/α,β-unsaturated/α-hetero) is 2. The molecule has 2 saturated carbocycles. The third kappa shape index (κ3) is 3.73. The lowest BCUT2D eigenvalue weighted by molar-refractivity contribution is -0.140. The lowest BCUT2D eigenvalue weighted by atomic mass is 9.48. The SMILES string of the molecule is C=C(CC[C@@H](C)[C@H]1CC[C@H]2C3=C(C(=O)C[C@]12C)[C@@]1(C)CCC(O)C(C)C1CC3=O)C(C)C(=O)O. The minimum Gasteiger partial charge on any atom is -0.481 e. The second-order valence-electron chi connectivity index (χ2n) is 12.5. The molecule has 2 N–H and O–H groups in total. The number of carboxylic acids is 1. The summed E-state index contributed by atoms with van der Waals surface area (Å²) in [7, 11) is 0. The number of carboxylic acid groups (broad SMARTS) is 1. The Morgan fingerprint density at radius 1 is 1.15 bits per heavy atom. The van der Waals surface area contributed by atoms with Crippen molar-refractivity contribution in [1.82, 2.24) is 0 Å². The summed E-state index contributed by atoms with van der Waals surface area (Å²) in [6.45, 7) is 14.3. The highest BCUT2D eigenvalue weighted by Gasteiger charge is 2.61. The van der Waals surface area contributed by atoms with Crippen LogP contribution in [0.1, 0.15) is 86.0 Å². The van der Waals surface area contributed by atoms with E-state index < -0.39 is 18.0 Å². The van der Waals surface area contributed by atoms with Crippen molar-refractivity contribution in [2.75, 3.05) is 0 Å². The molecule has 0 spiro atoms. The molecule has 9 atom stereocenters. The highest BCUT2D eigenvalue weighted by Crippen LogP contribution is 2.65. The first-order valence-electron chi connectivity index (χ1n) is 13.2. The van der Waals surface area contributed by atoms with E-state index in [1.54, 1.807) is 6.92 Å². The number of carbonyl (C=O) groups is 3. The summed E-state index contributed by atoms with van der Waals surface area (Å²) in [4.78, 5) is 38.7. The molecule has 0 saturated heterocycles. The van der Waals surface area contributed by atoms with E-state index in [1.165, 1.54) is 0 Å². The second-order valence-corrected chi connectivity index (χ2v) is 12.5. The molecule has 188 valence electrons. The summed E-state index contributed by atoms with van der Waals surface area (Å²) in [6.07, 6.45) is 5.46. The topological polar surface area (TPSA) is 91.7 Å². The Morgan fingerprint density at radius 3 is 2.47 bits per heavy atom. The van der Waals surface area contributed by atoms with E-state index in [0.29, 0.717) is 37.5 Å². The number of rotatable bonds is 6. The Hall–Kier alpha value is -1.75. The predicted octanol–water partition coefficient (Wildman–Crippen LogP) is 5.37. The van der Waals surface area contributed by atoms with Crippen molar-refractivity contribution < 1.29 is 24.6 Å². The Labute approximate surface area is 204 Å². The number of hydrogen-bond acceptors (Lipinski definition) is 4. The van der Waals surface area contributed by atoms with Crippen molar-refractivity contribution in [3.05, 3.63) is 23.3 Å². The second kappa shape index (κ2) is 8.72. The standard InChI is InChI=1S/C29H42O5/c1-15(17(3)27(33)34)7-8-16(2)19-9-10-20-25-23(31)13-21-18(4)22(30)11-12-28(21,5)26(25)24(32)14-29(19,20)6/h16-22,30H,1,7-14H2,2-6H3,(H,33,34)/t16-,17?,18?,19-,20+,21?,22?,28+,29-/m1/s1. The lowest BCUT2D eigenvalue weighted by Gasteiger charge is -2.55. The van der Waals surface area contributed by atoms with Crippen LogP contribution in [0.2, 0.25) is 0 Å². The fourth-order valence-electron chi connectivity index (χ4n) is 8.43. The fourth-order valence-corrected chi connectivity index (χ4v) is 8.43. The number of aliphatic carboxylic acids is 1. The third-order valence-corrected chi connectivity index (χ3v) is 10.7. The molecular weight excluding hydrogens is 428 g/mol. The summed E-state index contributed by atoms with van der Waals surface area (Å²) in [6, 6.07) is 0. The first-order chi connectivity index (χ1) is 15.8. The molecule has 5 nitrogen and oxygen atoms in total. The first kappa shape index (κ1) is 25.3. The van der Waals surface area contributed by atoms with E-state index in [0.717, 1.165) is 42.4 Å². The minimum atomic E-state index is -0.838. The van der Waals surface area contributed by atoms with Crippen LogP contribution in [0.25, 0.3) is 0 Å². The van der Waals surface area contributed by atoms with Crippen molar-refractivity contribution in [2.45, 2.75) is 92.1 Å². The minimum absolute atomic E-state index is 0.0236. The highest BCUT2D eigenvalue weighted by atomic mass is 16.4. The maximum atomic E-state index is 13.8. The van der Waals surface area contributed by atoms with Crippen LogP contribution in [0.15, 0.2) is 23.3 Å². The van der Waals surface area contributed by atoms with Gasteiger partial charge in [-0.25, -0.2) is 0 Å². The Balaban J connectivity index is 1.61. The van der Waals surface area contributed by atoms with E-state index >= 15 is 0 Å². The van der Waals surface area contributed by atoms with E-state index in [9.17, 15) is 24.6 Å². The van der Waals surface area contributed by atoms with E-state index in [2.05, 4.69) is 27.4 Å². The normalized spacial score (nSPS) is 41.4. The average molecular weight is 471 g/mol. The van der Waals surface area contributed by atoms with Gasteiger partial charge in [-0.3, -0.25) is 14.4 Å². The van der Waals surface area contributed by atoms with Gasteiger partial charge in [-0.2, -0.15) is 0 Å². The molecule has 2 fully saturated rings. The third-order valence-electron chi connectivity index (χ3n) is 10.7. The molecule has 34 heavy (non-hydrogen) atoms. The summed E-state index contributed by atoms with van der Waals surface area (Å²) in [5, 5.41) is 19.7. The molecule has 0 amide bonds. The average Bonchev–Trinajstić information content (AvgIpc) is 3.11. The van der Waals surface area contributed by atoms with Crippen LogP contribution in [0.3, 0.4) is 0 Å². The number of allylic oxidation sites excluding steroid dienone is 2. The van der Waals surface area contributed by atoms with Gasteiger partial charge in [0.25, 0.3) is 0 Å². The van der Waals surface area contributed by atoms with Crippen molar-refractivity contribution in [2.24, 2.45) is 46.3 Å². The predicted molar refractivity (Wildman–Crippen MR) is 131 cm³/mol. The summed E-state index contributed by atoms with van der Waals surface area (Å²) < 4.78 is 0. The van der Waals surface area contributed by atoms with Crippen LogP contribution in [0.4, 0.5) is 0 Å². The molecule has 0 aromatic carbocycles. The quantitative estimate of drug-likeness (QED) is 0.509. The van der Waals surface area contributed by atoms with Crippen molar-refractivity contribution in [3.63, 3.8) is 0 Å². The molecule has 0 bridgehead atoms. The largest absolute Gasteiger partial charge is 0.481 e. The van der Waals surface area contributed by atoms with Crippen molar-refractivity contribution in [1.29, 1.82) is 0 Å². The Bertz CT molecular complexity index is 946. The zero-order chi connectivity index (χ0) is 25.2. The molecule has 0 heterocycles. The summed E-state index contributed by atoms with van der Waals surface area (Å²) >= 11 is 0. The number of aliphatic hydroxyl groups excluding tert-OH is 1. The fraction of sp³-hybridized carbons (Fsp3) is 0.759. The van der Waals surface area contributed by atoms with Gasteiger partial charge in [0.15, 0.2) is 11.6 Å². The molecule has 5 heteroatoms. The molecule has 0 radical (unpaired) electrons. The van der Waals surface area contributed by atoms with E-state index in [-0.39, 0.29) is 40.2 Å². The Morgan fingerprint density at radius 2 is 1.82 bits per heavy atom. The number of carbonyl (C=O) groups excluding carboxylic acids is 2. The van der Waals surface area contributed by atoms with Gasteiger partial charge in [0.1, 0.15) is 0 Å². The van der Waals surface area contributed by atoms with Gasteiger partial charge in [0, 0.05) is 29.4 Å². The smallest absolute Gasteiger partial charge is 0.310 e. The van der Waals surface area contributed by atoms with Gasteiger partial charge in [0.05, 0.1) is 12.0 Å². The Kier molecular flexibility index (Phi) is 6.50. The first-order valence-corrected chi connectivity index (χ1v) is 13.2. The van der Waals surface area contributed by atoms with Crippen LogP contribution in [0.5, 0.6) is 0 Å². The molecule has 4 unspecified atom stereocenters. The summed E-state index contributed by atoms with van der Waals surface area (Å²) in [5.41, 5.74) is 1.85. The maximum absolute atomic E-state index is 13.8. The van der Waals surface area contributed by atoms with Crippen LogP contribution in [0, 0.1) is 46.3 Å². The number of aliphatic hydroxyl groups is 1. The van der Waals surface area contributed by atoms with Crippen molar-refractivity contribution >= 4 is 17.5 Å². The van der Waals surface area contributed by atoms with Crippen LogP contribution >= 0.6 is 0 Å². The van der Waals surface area contributed by atoms with Gasteiger partial charge in [-0.05, 0) is 80.5 Å². The number of hydrogen-bond donors (Lipinski definition) is 2. The molecule has 0 aromatic heterocycles. The van der Waals surface area contributed by atoms with Gasteiger partial charge in [-0.1, -0.05) is 39.8 Å². The van der Waals surface area contributed by atoms with Gasteiger partial charge >= 0.3 is 5.97 Å². The zero-order valence-corrected chi connectivity index (χ0v) is 21.5. The lowest BCUT2D eigenvalue weighted by Crippen LogP contribution is -2.53. The molecule has 4 rings (SSSR count). The molecular formula is C29H42O5. The summed E-state index contributed by atoms with van der Waals surface area (Å²) in [5.74, 6) is -0.252. The molecule has 0 aliphatic heterocycles. The monoisotopic (exact) mass is 470 g/mol. The van der Waals surface area contributed by atoms with Crippen LogP contribution < -0.4 is 0 Å². The van der Waals surface area contributed by atoms with Crippen LogP contribution in [-0.2, 0) is 14.4 Å². The van der Waals surface area contributed by atoms with Gasteiger partial charge in [-0.15, -0.1) is 0 Å². The maximum Gasteiger partial charge on any atom is 0.310 e. The number of ketones is 2.